The van der Waals surface area contributed by atoms with Crippen LogP contribution in [0.3, 0.4) is 0 Å². The molecule has 0 aliphatic heterocycles. The molecule has 2 aliphatic rings. The first-order valence-electron chi connectivity index (χ1n) is 4.55. The molecule has 10 heavy (non-hydrogen) atoms. The number of rotatable bonds is 0. The first-order chi connectivity index (χ1) is 4.55. The van der Waals surface area contributed by atoms with Gasteiger partial charge < -0.3 is 0 Å². The largest absolute Gasteiger partial charge is 0.0622 e. The fraction of sp³-hybridized carbons (Fsp3) is 1.00. The normalized spacial score (nSPS) is 56.4. The molecule has 0 N–H and O–H groups in total. The predicted octanol–water partition coefficient (Wildman–Crippen LogP) is 2.93. The fourth-order valence-corrected chi connectivity index (χ4v) is 3.27. The lowest BCUT2D eigenvalue weighted by Gasteiger charge is -2.67. The molecule has 2 fully saturated rings. The van der Waals surface area contributed by atoms with E-state index in [1.807, 2.05) is 0 Å². The summed E-state index contributed by atoms with van der Waals surface area (Å²) in [5.41, 5.74) is 0.678. The van der Waals surface area contributed by atoms with E-state index in [1.54, 1.807) is 0 Å². The van der Waals surface area contributed by atoms with Crippen LogP contribution in [-0.4, -0.2) is 0 Å². The van der Waals surface area contributed by atoms with E-state index in [2.05, 4.69) is 27.7 Å². The zero-order valence-electron chi connectivity index (χ0n) is 7.52. The molecule has 0 bridgehead atoms. The Morgan fingerprint density at radius 2 is 1.80 bits per heavy atom. The smallest absolute Gasteiger partial charge is 0.0294 e. The summed E-state index contributed by atoms with van der Waals surface area (Å²) < 4.78 is 0. The molecule has 0 radical (unpaired) electrons. The molecule has 0 aromatic carbocycles. The Kier molecular flexibility index (Phi) is 1.07. The van der Waals surface area contributed by atoms with E-state index in [0.29, 0.717) is 5.41 Å². The SMILES string of the molecule is CC1CC2C1C(C)C2(C)C. The van der Waals surface area contributed by atoms with E-state index in [4.69, 9.17) is 0 Å². The van der Waals surface area contributed by atoms with Crippen molar-refractivity contribution in [3.8, 4) is 0 Å². The van der Waals surface area contributed by atoms with Crippen LogP contribution in [0.1, 0.15) is 34.1 Å². The minimum atomic E-state index is 0.678. The Morgan fingerprint density at radius 3 is 2.10 bits per heavy atom. The molecule has 4 atom stereocenters. The molecule has 58 valence electrons. The van der Waals surface area contributed by atoms with Crippen molar-refractivity contribution in [1.29, 1.82) is 0 Å². The van der Waals surface area contributed by atoms with Crippen molar-refractivity contribution in [2.24, 2.45) is 29.1 Å². The van der Waals surface area contributed by atoms with Crippen molar-refractivity contribution < 1.29 is 0 Å². The van der Waals surface area contributed by atoms with Gasteiger partial charge in [0.2, 0.25) is 0 Å². The molecule has 0 aromatic heterocycles. The van der Waals surface area contributed by atoms with Gasteiger partial charge in [-0.15, -0.1) is 0 Å². The summed E-state index contributed by atoms with van der Waals surface area (Å²) in [6.45, 7) is 9.71. The van der Waals surface area contributed by atoms with Gasteiger partial charge in [0.15, 0.2) is 0 Å². The quantitative estimate of drug-likeness (QED) is 0.483. The molecular weight excluding hydrogens is 120 g/mol. The average Bonchev–Trinajstić information content (AvgIpc) is 1.82. The molecule has 2 aliphatic carbocycles. The molecular formula is C10H18. The van der Waals surface area contributed by atoms with Crippen LogP contribution in [-0.2, 0) is 0 Å². The maximum absolute atomic E-state index is 2.44. The average molecular weight is 138 g/mol. The van der Waals surface area contributed by atoms with E-state index in [-0.39, 0.29) is 0 Å². The van der Waals surface area contributed by atoms with E-state index in [9.17, 15) is 0 Å². The lowest BCUT2D eigenvalue weighted by atomic mass is 9.37. The van der Waals surface area contributed by atoms with Gasteiger partial charge in [-0.05, 0) is 35.5 Å². The van der Waals surface area contributed by atoms with Crippen LogP contribution < -0.4 is 0 Å². The van der Waals surface area contributed by atoms with Gasteiger partial charge in [0, 0.05) is 0 Å². The van der Waals surface area contributed by atoms with Crippen LogP contribution in [0, 0.1) is 29.1 Å². The summed E-state index contributed by atoms with van der Waals surface area (Å²) in [4.78, 5) is 0. The lowest BCUT2D eigenvalue weighted by Crippen LogP contribution is -2.61. The summed E-state index contributed by atoms with van der Waals surface area (Å²) in [5.74, 6) is 4.20. The van der Waals surface area contributed by atoms with Gasteiger partial charge in [0.05, 0.1) is 0 Å². The van der Waals surface area contributed by atoms with Gasteiger partial charge in [-0.1, -0.05) is 27.7 Å². The monoisotopic (exact) mass is 138 g/mol. The molecule has 0 aromatic rings. The molecule has 0 amide bonds. The minimum Gasteiger partial charge on any atom is -0.0622 e. The number of fused-ring (bicyclic) bond motifs is 1. The standard InChI is InChI=1S/C10H18/c1-6-5-8-9(6)7(2)10(8,3)4/h6-9H,5H2,1-4H3. The van der Waals surface area contributed by atoms with Crippen molar-refractivity contribution in [3.05, 3.63) is 0 Å². The van der Waals surface area contributed by atoms with Crippen LogP contribution in [0.15, 0.2) is 0 Å². The summed E-state index contributed by atoms with van der Waals surface area (Å²) in [5, 5.41) is 0. The van der Waals surface area contributed by atoms with E-state index < -0.39 is 0 Å². The highest BCUT2D eigenvalue weighted by atomic mass is 14.7. The Balaban J connectivity index is 2.11. The first-order valence-corrected chi connectivity index (χ1v) is 4.55. The third-order valence-corrected chi connectivity index (χ3v) is 4.45. The van der Waals surface area contributed by atoms with Crippen molar-refractivity contribution in [2.45, 2.75) is 34.1 Å². The molecule has 0 nitrogen and oxygen atoms in total. The van der Waals surface area contributed by atoms with E-state index in [0.717, 1.165) is 23.7 Å². The molecule has 2 saturated carbocycles. The minimum absolute atomic E-state index is 0.678. The van der Waals surface area contributed by atoms with Crippen molar-refractivity contribution in [2.75, 3.05) is 0 Å². The molecule has 0 spiro atoms. The topological polar surface area (TPSA) is 0 Å². The van der Waals surface area contributed by atoms with Gasteiger partial charge in [-0.3, -0.25) is 0 Å². The van der Waals surface area contributed by atoms with Crippen molar-refractivity contribution in [3.63, 3.8) is 0 Å². The van der Waals surface area contributed by atoms with Gasteiger partial charge in [-0.2, -0.15) is 0 Å². The zero-order chi connectivity index (χ0) is 7.52. The Hall–Kier alpha value is 0. The first kappa shape index (κ1) is 6.69. The van der Waals surface area contributed by atoms with Crippen LogP contribution in [0.2, 0.25) is 0 Å². The van der Waals surface area contributed by atoms with Crippen molar-refractivity contribution >= 4 is 0 Å². The van der Waals surface area contributed by atoms with E-state index >= 15 is 0 Å². The lowest BCUT2D eigenvalue weighted by molar-refractivity contribution is -0.193. The molecule has 0 heterocycles. The molecule has 4 unspecified atom stereocenters. The fourth-order valence-electron chi connectivity index (χ4n) is 3.27. The zero-order valence-corrected chi connectivity index (χ0v) is 7.52. The van der Waals surface area contributed by atoms with Crippen LogP contribution in [0.4, 0.5) is 0 Å². The second-order valence-corrected chi connectivity index (χ2v) is 5.01. The van der Waals surface area contributed by atoms with E-state index in [1.165, 1.54) is 6.42 Å². The maximum Gasteiger partial charge on any atom is -0.0294 e. The van der Waals surface area contributed by atoms with Crippen molar-refractivity contribution in [1.82, 2.24) is 0 Å². The third-order valence-electron chi connectivity index (χ3n) is 4.45. The predicted molar refractivity (Wildman–Crippen MR) is 43.7 cm³/mol. The third kappa shape index (κ3) is 0.500. The second-order valence-electron chi connectivity index (χ2n) is 5.01. The summed E-state index contributed by atoms with van der Waals surface area (Å²) >= 11 is 0. The number of hydrogen-bond acceptors (Lipinski definition) is 0. The highest BCUT2D eigenvalue weighted by molar-refractivity contribution is 5.09. The van der Waals surface area contributed by atoms with Crippen LogP contribution >= 0.6 is 0 Å². The van der Waals surface area contributed by atoms with Crippen LogP contribution in [0.5, 0.6) is 0 Å². The van der Waals surface area contributed by atoms with Gasteiger partial charge in [0.25, 0.3) is 0 Å². The van der Waals surface area contributed by atoms with Gasteiger partial charge >= 0.3 is 0 Å². The summed E-state index contributed by atoms with van der Waals surface area (Å²) in [6, 6.07) is 0. The highest BCUT2D eigenvalue weighted by Gasteiger charge is 2.61. The number of hydrogen-bond donors (Lipinski definition) is 0. The Labute approximate surface area is 64.0 Å². The van der Waals surface area contributed by atoms with Gasteiger partial charge in [-0.25, -0.2) is 0 Å². The Bertz CT molecular complexity index is 149. The Morgan fingerprint density at radius 1 is 1.20 bits per heavy atom. The highest BCUT2D eigenvalue weighted by Crippen LogP contribution is 2.67. The molecule has 2 rings (SSSR count). The second kappa shape index (κ2) is 1.60. The molecule has 0 heteroatoms. The van der Waals surface area contributed by atoms with Crippen LogP contribution in [0.25, 0.3) is 0 Å². The maximum atomic E-state index is 2.44. The summed E-state index contributed by atoms with van der Waals surface area (Å²) in [7, 11) is 0. The summed E-state index contributed by atoms with van der Waals surface area (Å²) in [6.07, 6.45) is 1.50. The van der Waals surface area contributed by atoms with Gasteiger partial charge in [0.1, 0.15) is 0 Å². The molecule has 0 saturated heterocycles.